The summed E-state index contributed by atoms with van der Waals surface area (Å²) >= 11 is 0. The van der Waals surface area contributed by atoms with Crippen LogP contribution in [0.15, 0.2) is 72.9 Å². The van der Waals surface area contributed by atoms with E-state index < -0.39 is 30.5 Å². The molecule has 210 valence electrons. The van der Waals surface area contributed by atoms with Gasteiger partial charge >= 0.3 is 0 Å². The second-order valence-electron chi connectivity index (χ2n) is 10.9. The molecule has 1 saturated carbocycles. The Morgan fingerprint density at radius 1 is 1.05 bits per heavy atom. The summed E-state index contributed by atoms with van der Waals surface area (Å²) in [6.45, 7) is 0. The van der Waals surface area contributed by atoms with Gasteiger partial charge in [-0.2, -0.15) is 0 Å². The lowest BCUT2D eigenvalue weighted by molar-refractivity contribution is -0.118. The van der Waals surface area contributed by atoms with Crippen molar-refractivity contribution < 1.29 is 22.8 Å². The van der Waals surface area contributed by atoms with Crippen molar-refractivity contribution in [2.75, 3.05) is 12.4 Å². The first-order valence-corrected chi connectivity index (χ1v) is 13.6. The third kappa shape index (κ3) is 4.90. The number of amides is 2. The molecule has 6 nitrogen and oxygen atoms in total. The molecule has 2 N–H and O–H groups in total. The molecule has 1 spiro atoms. The molecule has 6 rings (SSSR count). The number of hydrogen-bond donors (Lipinski definition) is 2. The average molecular weight is 559 g/mol. The number of carbonyl (C=O) groups excluding carboxylic acids is 2. The fourth-order valence-corrected chi connectivity index (χ4v) is 6.09. The van der Waals surface area contributed by atoms with E-state index >= 15 is 0 Å². The first kappa shape index (κ1) is 26.8. The van der Waals surface area contributed by atoms with Crippen LogP contribution in [0.25, 0.3) is 22.4 Å². The Labute approximate surface area is 235 Å². The number of pyridine rings is 1. The van der Waals surface area contributed by atoms with Crippen LogP contribution in [0.1, 0.15) is 53.2 Å². The number of nitrogens with one attached hydrogen (secondary N) is 2. The van der Waals surface area contributed by atoms with Gasteiger partial charge in [-0.15, -0.1) is 0 Å². The standard InChI is InChI=1S/C32H29F3N4O2/c1-39-31(41)28-24(18-32(39)13-5-14-32)37-29(27(28)20-6-3-2-4-7-20)21-12-15-36-26(16-21)38-30(40)23(17-25(34)35)19-8-10-22(33)11-9-19/h2-4,6-12,15-16,23,25,37H,5,13-14,17-18H2,1H3,(H,36,38,40)/t23-/m1/s1. The summed E-state index contributed by atoms with van der Waals surface area (Å²) in [5.74, 6) is -2.22. The Hall–Kier alpha value is -4.40. The monoisotopic (exact) mass is 558 g/mol. The summed E-state index contributed by atoms with van der Waals surface area (Å²) in [5.41, 5.74) is 4.71. The molecule has 41 heavy (non-hydrogen) atoms. The van der Waals surface area contributed by atoms with Crippen LogP contribution in [0.5, 0.6) is 0 Å². The number of alkyl halides is 2. The third-order valence-electron chi connectivity index (χ3n) is 8.46. The minimum atomic E-state index is -2.73. The van der Waals surface area contributed by atoms with Gasteiger partial charge in [0.05, 0.1) is 17.2 Å². The van der Waals surface area contributed by atoms with E-state index in [-0.39, 0.29) is 22.8 Å². The summed E-state index contributed by atoms with van der Waals surface area (Å²) in [6, 6.07) is 18.1. The second-order valence-corrected chi connectivity index (χ2v) is 10.9. The molecule has 9 heteroatoms. The lowest BCUT2D eigenvalue weighted by atomic mass is 9.70. The summed E-state index contributed by atoms with van der Waals surface area (Å²) in [5, 5.41) is 2.67. The number of nitrogens with zero attached hydrogens (tertiary/aromatic N) is 2. The highest BCUT2D eigenvalue weighted by Crippen LogP contribution is 2.48. The van der Waals surface area contributed by atoms with E-state index in [0.29, 0.717) is 11.1 Å². The number of fused-ring (bicyclic) bond motifs is 1. The Morgan fingerprint density at radius 3 is 2.44 bits per heavy atom. The van der Waals surface area contributed by atoms with Crippen molar-refractivity contribution in [3.8, 4) is 22.4 Å². The van der Waals surface area contributed by atoms with Crippen molar-refractivity contribution in [3.05, 3.63) is 95.6 Å². The second kappa shape index (κ2) is 10.5. The number of halogens is 3. The maximum Gasteiger partial charge on any atom is 0.256 e. The molecule has 4 aromatic rings. The number of benzene rings is 2. The lowest BCUT2D eigenvalue weighted by Gasteiger charge is -2.51. The predicted octanol–water partition coefficient (Wildman–Crippen LogP) is 6.81. The number of aromatic amines is 1. The van der Waals surface area contributed by atoms with Crippen LogP contribution in [0, 0.1) is 5.82 Å². The van der Waals surface area contributed by atoms with Gasteiger partial charge in [0.1, 0.15) is 11.6 Å². The summed E-state index contributed by atoms with van der Waals surface area (Å²) in [4.78, 5) is 36.6. The largest absolute Gasteiger partial charge is 0.357 e. The molecule has 0 unspecified atom stereocenters. The van der Waals surface area contributed by atoms with Gasteiger partial charge in [-0.25, -0.2) is 18.2 Å². The predicted molar refractivity (Wildman–Crippen MR) is 150 cm³/mol. The molecule has 1 atom stereocenters. The smallest absolute Gasteiger partial charge is 0.256 e. The zero-order valence-electron chi connectivity index (χ0n) is 22.5. The lowest BCUT2D eigenvalue weighted by Crippen LogP contribution is -2.58. The fourth-order valence-electron chi connectivity index (χ4n) is 6.09. The maximum absolute atomic E-state index is 13.7. The first-order valence-electron chi connectivity index (χ1n) is 13.6. The molecule has 1 fully saturated rings. The summed E-state index contributed by atoms with van der Waals surface area (Å²) < 4.78 is 40.2. The molecule has 1 aliphatic heterocycles. The van der Waals surface area contributed by atoms with Gasteiger partial charge in [0.25, 0.3) is 5.91 Å². The van der Waals surface area contributed by atoms with E-state index in [2.05, 4.69) is 15.3 Å². The van der Waals surface area contributed by atoms with Crippen LogP contribution in [-0.2, 0) is 11.2 Å². The molecule has 1 aliphatic carbocycles. The highest BCUT2D eigenvalue weighted by molar-refractivity contribution is 6.07. The molecule has 0 radical (unpaired) electrons. The van der Waals surface area contributed by atoms with E-state index in [1.807, 2.05) is 42.3 Å². The van der Waals surface area contributed by atoms with Crippen LogP contribution >= 0.6 is 0 Å². The highest BCUT2D eigenvalue weighted by Gasteiger charge is 2.49. The number of hydrogen-bond acceptors (Lipinski definition) is 3. The molecule has 2 aromatic heterocycles. The Morgan fingerprint density at radius 2 is 1.78 bits per heavy atom. The van der Waals surface area contributed by atoms with Crippen LogP contribution in [-0.4, -0.2) is 45.7 Å². The Balaban J connectivity index is 1.38. The van der Waals surface area contributed by atoms with Crippen LogP contribution in [0.2, 0.25) is 0 Å². The van der Waals surface area contributed by atoms with Gasteiger partial charge in [-0.1, -0.05) is 42.5 Å². The zero-order chi connectivity index (χ0) is 28.7. The topological polar surface area (TPSA) is 78.1 Å². The third-order valence-corrected chi connectivity index (χ3v) is 8.46. The Bertz CT molecular complexity index is 1600. The minimum Gasteiger partial charge on any atom is -0.357 e. The van der Waals surface area contributed by atoms with Gasteiger partial charge < -0.3 is 15.2 Å². The SMILES string of the molecule is CN1C(=O)c2c([nH]c(-c3ccnc(NC(=O)[C@H](CC(F)F)c4ccc(F)cc4)c3)c2-c2ccccc2)CC12CCC2. The van der Waals surface area contributed by atoms with Crippen molar-refractivity contribution in [3.63, 3.8) is 0 Å². The normalized spacial score (nSPS) is 16.4. The number of rotatable bonds is 7. The maximum atomic E-state index is 13.7. The molecule has 0 bridgehead atoms. The van der Waals surface area contributed by atoms with E-state index in [1.54, 1.807) is 12.1 Å². The molecule has 2 aromatic carbocycles. The van der Waals surface area contributed by atoms with Crippen LogP contribution in [0.3, 0.4) is 0 Å². The van der Waals surface area contributed by atoms with Crippen LogP contribution in [0.4, 0.5) is 19.0 Å². The fraction of sp³-hybridized carbons (Fsp3) is 0.281. The number of likely N-dealkylation sites (N-methyl/N-ethyl adjacent to an activating group) is 1. The Kier molecular flexibility index (Phi) is 6.89. The van der Waals surface area contributed by atoms with Gasteiger partial charge in [0.2, 0.25) is 12.3 Å². The molecule has 2 aliphatic rings. The summed E-state index contributed by atoms with van der Waals surface area (Å²) in [7, 11) is 1.88. The van der Waals surface area contributed by atoms with Crippen LogP contribution < -0.4 is 5.32 Å². The number of anilines is 1. The van der Waals surface area contributed by atoms with E-state index in [4.69, 9.17) is 0 Å². The molecule has 0 saturated heterocycles. The van der Waals surface area contributed by atoms with Crippen molar-refractivity contribution in [1.29, 1.82) is 0 Å². The zero-order valence-corrected chi connectivity index (χ0v) is 22.5. The summed E-state index contributed by atoms with van der Waals surface area (Å²) in [6.07, 6.45) is 1.82. The van der Waals surface area contributed by atoms with E-state index in [1.165, 1.54) is 18.3 Å². The number of H-pyrrole nitrogens is 1. The van der Waals surface area contributed by atoms with Gasteiger partial charge in [0, 0.05) is 48.4 Å². The minimum absolute atomic E-state index is 0.0241. The van der Waals surface area contributed by atoms with Gasteiger partial charge in [-0.3, -0.25) is 9.59 Å². The van der Waals surface area contributed by atoms with Crippen molar-refractivity contribution in [2.24, 2.45) is 0 Å². The molecule has 2 amide bonds. The highest BCUT2D eigenvalue weighted by atomic mass is 19.3. The quantitative estimate of drug-likeness (QED) is 0.262. The molecular weight excluding hydrogens is 529 g/mol. The molecule has 3 heterocycles. The average Bonchev–Trinajstić information content (AvgIpc) is 3.33. The molecular formula is C32H29F3N4O2. The number of carbonyl (C=O) groups is 2. The van der Waals surface area contributed by atoms with Crippen molar-refractivity contribution >= 4 is 17.6 Å². The van der Waals surface area contributed by atoms with E-state index in [0.717, 1.165) is 60.3 Å². The first-order chi connectivity index (χ1) is 19.8. The van der Waals surface area contributed by atoms with Crippen molar-refractivity contribution in [1.82, 2.24) is 14.9 Å². The van der Waals surface area contributed by atoms with Gasteiger partial charge in [0.15, 0.2) is 0 Å². The van der Waals surface area contributed by atoms with Crippen molar-refractivity contribution in [2.45, 2.75) is 50.0 Å². The van der Waals surface area contributed by atoms with Gasteiger partial charge in [-0.05, 0) is 54.7 Å². The number of aromatic nitrogens is 2. The van der Waals surface area contributed by atoms with E-state index in [9.17, 15) is 22.8 Å².